The summed E-state index contributed by atoms with van der Waals surface area (Å²) in [6, 6.07) is 4.50. The number of halogens is 1. The lowest BCUT2D eigenvalue weighted by atomic mass is 10.0. The minimum absolute atomic E-state index is 0.0662. The fraction of sp³-hybridized carbons (Fsp3) is 0.462. The Morgan fingerprint density at radius 2 is 2.06 bits per heavy atom. The molecule has 0 spiro atoms. The highest BCUT2D eigenvalue weighted by Crippen LogP contribution is 2.28. The van der Waals surface area contributed by atoms with Crippen LogP contribution in [0.4, 0.5) is 10.1 Å². The smallest absolute Gasteiger partial charge is 0.164 e. The van der Waals surface area contributed by atoms with Gasteiger partial charge in [0, 0.05) is 7.05 Å². The Labute approximate surface area is 101 Å². The Morgan fingerprint density at radius 1 is 1.47 bits per heavy atom. The van der Waals surface area contributed by atoms with E-state index in [-0.39, 0.29) is 18.0 Å². The number of nitrogens with zero attached hydrogens (tertiary/aromatic N) is 1. The van der Waals surface area contributed by atoms with Crippen LogP contribution in [-0.4, -0.2) is 30.1 Å². The highest BCUT2D eigenvalue weighted by atomic mass is 19.1. The molecule has 0 fully saturated rings. The van der Waals surface area contributed by atoms with Crippen LogP contribution in [0.3, 0.4) is 0 Å². The first-order valence-corrected chi connectivity index (χ1v) is 5.45. The van der Waals surface area contributed by atoms with Gasteiger partial charge in [0.05, 0.1) is 23.4 Å². The molecule has 1 aromatic rings. The second kappa shape index (κ2) is 4.84. The number of anilines is 1. The summed E-state index contributed by atoms with van der Waals surface area (Å²) in [4.78, 5) is 13.2. The largest absolute Gasteiger partial charge is 0.394 e. The molecule has 0 aliphatic heterocycles. The molecule has 0 unspecified atom stereocenters. The lowest BCUT2D eigenvalue weighted by Crippen LogP contribution is -2.45. The van der Waals surface area contributed by atoms with E-state index in [0.29, 0.717) is 5.69 Å². The van der Waals surface area contributed by atoms with Crippen LogP contribution in [0, 0.1) is 5.82 Å². The SMILES string of the molecule is CC(=O)c1c(F)cccc1N(C)C(C)(C)CO. The van der Waals surface area contributed by atoms with Gasteiger partial charge in [-0.2, -0.15) is 0 Å². The van der Waals surface area contributed by atoms with E-state index in [1.54, 1.807) is 24.1 Å². The van der Waals surface area contributed by atoms with Gasteiger partial charge in [-0.1, -0.05) is 6.07 Å². The van der Waals surface area contributed by atoms with E-state index in [9.17, 15) is 14.3 Å². The molecule has 0 radical (unpaired) electrons. The normalized spacial score (nSPS) is 11.4. The van der Waals surface area contributed by atoms with Crippen molar-refractivity contribution >= 4 is 11.5 Å². The zero-order valence-corrected chi connectivity index (χ0v) is 10.6. The maximum atomic E-state index is 13.6. The van der Waals surface area contributed by atoms with Crippen LogP contribution >= 0.6 is 0 Å². The van der Waals surface area contributed by atoms with E-state index in [4.69, 9.17) is 0 Å². The third kappa shape index (κ3) is 2.64. The van der Waals surface area contributed by atoms with Crippen LogP contribution < -0.4 is 4.90 Å². The average molecular weight is 239 g/mol. The Kier molecular flexibility index (Phi) is 3.88. The predicted molar refractivity (Wildman–Crippen MR) is 66.0 cm³/mol. The zero-order chi connectivity index (χ0) is 13.2. The number of rotatable bonds is 4. The summed E-state index contributed by atoms with van der Waals surface area (Å²) in [7, 11) is 1.73. The van der Waals surface area contributed by atoms with Crippen molar-refractivity contribution in [2.45, 2.75) is 26.3 Å². The third-order valence-electron chi connectivity index (χ3n) is 3.00. The summed E-state index contributed by atoms with van der Waals surface area (Å²) in [6.45, 7) is 4.89. The van der Waals surface area contributed by atoms with Gasteiger partial charge in [0.1, 0.15) is 5.82 Å². The molecular formula is C13H18FNO2. The first-order valence-electron chi connectivity index (χ1n) is 5.45. The molecule has 0 saturated carbocycles. The highest BCUT2D eigenvalue weighted by molar-refractivity contribution is 6.00. The van der Waals surface area contributed by atoms with Gasteiger partial charge in [-0.3, -0.25) is 4.79 Å². The number of hydrogen-bond donors (Lipinski definition) is 1. The van der Waals surface area contributed by atoms with Crippen LogP contribution in [0.5, 0.6) is 0 Å². The minimum atomic E-state index is -0.558. The molecule has 0 aliphatic rings. The van der Waals surface area contributed by atoms with Crippen LogP contribution in [-0.2, 0) is 0 Å². The van der Waals surface area contributed by atoms with Gasteiger partial charge in [0.15, 0.2) is 5.78 Å². The first kappa shape index (κ1) is 13.6. The number of hydrogen-bond acceptors (Lipinski definition) is 3. The van der Waals surface area contributed by atoms with E-state index < -0.39 is 11.4 Å². The predicted octanol–water partition coefficient (Wildman–Crippen LogP) is 2.24. The Hall–Kier alpha value is -1.42. The molecule has 1 N–H and O–H groups in total. The first-order chi connectivity index (χ1) is 7.81. The summed E-state index contributed by atoms with van der Waals surface area (Å²) in [6.07, 6.45) is 0. The molecule has 0 aromatic heterocycles. The van der Waals surface area contributed by atoms with Gasteiger partial charge < -0.3 is 10.0 Å². The average Bonchev–Trinajstić information content (AvgIpc) is 2.27. The van der Waals surface area contributed by atoms with E-state index >= 15 is 0 Å². The number of Topliss-reactive ketones (excluding diaryl/α,β-unsaturated/α-hetero) is 1. The Bertz CT molecular complexity index is 429. The van der Waals surface area contributed by atoms with Crippen molar-refractivity contribution in [1.82, 2.24) is 0 Å². The highest BCUT2D eigenvalue weighted by Gasteiger charge is 2.26. The second-order valence-corrected chi connectivity index (χ2v) is 4.72. The van der Waals surface area contributed by atoms with Crippen molar-refractivity contribution in [3.63, 3.8) is 0 Å². The van der Waals surface area contributed by atoms with Crippen molar-refractivity contribution in [2.75, 3.05) is 18.6 Å². The number of carbonyl (C=O) groups excluding carboxylic acids is 1. The zero-order valence-electron chi connectivity index (χ0n) is 10.6. The second-order valence-electron chi connectivity index (χ2n) is 4.72. The lowest BCUT2D eigenvalue weighted by Gasteiger charge is -2.36. The standard InChI is InChI=1S/C13H18FNO2/c1-9(17)12-10(14)6-5-7-11(12)15(4)13(2,3)8-16/h5-7,16H,8H2,1-4H3. The molecule has 0 heterocycles. The molecule has 0 saturated heterocycles. The Morgan fingerprint density at radius 3 is 2.53 bits per heavy atom. The maximum absolute atomic E-state index is 13.6. The van der Waals surface area contributed by atoms with Crippen LogP contribution in [0.25, 0.3) is 0 Å². The van der Waals surface area contributed by atoms with E-state index in [2.05, 4.69) is 0 Å². The van der Waals surface area contributed by atoms with Crippen molar-refractivity contribution in [3.8, 4) is 0 Å². The summed E-state index contributed by atoms with van der Waals surface area (Å²) < 4.78 is 13.6. The molecule has 1 rings (SSSR count). The number of likely N-dealkylation sites (N-methyl/N-ethyl adjacent to an activating group) is 1. The Balaban J connectivity index is 3.32. The molecule has 94 valence electrons. The van der Waals surface area contributed by atoms with Crippen molar-refractivity contribution < 1.29 is 14.3 Å². The van der Waals surface area contributed by atoms with Gasteiger partial charge in [-0.05, 0) is 32.9 Å². The number of aliphatic hydroxyl groups is 1. The van der Waals surface area contributed by atoms with Gasteiger partial charge in [0.25, 0.3) is 0 Å². The van der Waals surface area contributed by atoms with E-state index in [1.165, 1.54) is 13.0 Å². The van der Waals surface area contributed by atoms with Gasteiger partial charge in [-0.15, -0.1) is 0 Å². The number of aliphatic hydroxyl groups excluding tert-OH is 1. The summed E-state index contributed by atoms with van der Waals surface area (Å²) >= 11 is 0. The monoisotopic (exact) mass is 239 g/mol. The molecule has 17 heavy (non-hydrogen) atoms. The minimum Gasteiger partial charge on any atom is -0.394 e. The number of carbonyl (C=O) groups is 1. The summed E-state index contributed by atoms with van der Waals surface area (Å²) in [5.41, 5.74) is 0.00549. The van der Waals surface area contributed by atoms with Crippen LogP contribution in [0.15, 0.2) is 18.2 Å². The fourth-order valence-corrected chi connectivity index (χ4v) is 1.57. The molecule has 0 bridgehead atoms. The van der Waals surface area contributed by atoms with E-state index in [1.807, 2.05) is 13.8 Å². The van der Waals surface area contributed by atoms with Crippen molar-refractivity contribution in [3.05, 3.63) is 29.6 Å². The number of ketones is 1. The molecule has 0 amide bonds. The molecule has 1 aromatic carbocycles. The van der Waals surface area contributed by atoms with E-state index in [0.717, 1.165) is 0 Å². The number of benzene rings is 1. The van der Waals surface area contributed by atoms with Gasteiger partial charge >= 0.3 is 0 Å². The van der Waals surface area contributed by atoms with Crippen molar-refractivity contribution in [1.29, 1.82) is 0 Å². The van der Waals surface area contributed by atoms with Crippen LogP contribution in [0.2, 0.25) is 0 Å². The fourth-order valence-electron chi connectivity index (χ4n) is 1.57. The quantitative estimate of drug-likeness (QED) is 0.819. The van der Waals surface area contributed by atoms with Gasteiger partial charge in [0.2, 0.25) is 0 Å². The maximum Gasteiger partial charge on any atom is 0.164 e. The third-order valence-corrected chi connectivity index (χ3v) is 3.00. The molecule has 0 aliphatic carbocycles. The molecule has 4 heteroatoms. The lowest BCUT2D eigenvalue weighted by molar-refractivity contribution is 0.101. The topological polar surface area (TPSA) is 40.5 Å². The van der Waals surface area contributed by atoms with Crippen molar-refractivity contribution in [2.24, 2.45) is 0 Å². The van der Waals surface area contributed by atoms with Gasteiger partial charge in [-0.25, -0.2) is 4.39 Å². The molecule has 0 atom stereocenters. The molecule has 3 nitrogen and oxygen atoms in total. The molecular weight excluding hydrogens is 221 g/mol. The summed E-state index contributed by atoms with van der Waals surface area (Å²) in [5, 5.41) is 9.30. The summed E-state index contributed by atoms with van der Waals surface area (Å²) in [5.74, 6) is -0.853. The van der Waals surface area contributed by atoms with Crippen LogP contribution in [0.1, 0.15) is 31.1 Å².